The van der Waals surface area contributed by atoms with Crippen LogP contribution >= 0.6 is 68.5 Å². The van der Waals surface area contributed by atoms with Gasteiger partial charge in [-0.25, -0.2) is 19.6 Å². The van der Waals surface area contributed by atoms with Crippen LogP contribution in [0, 0.1) is 3.57 Å². The summed E-state index contributed by atoms with van der Waals surface area (Å²) in [6.45, 7) is 19.1. The van der Waals surface area contributed by atoms with Gasteiger partial charge in [0, 0.05) is 74.5 Å². The van der Waals surface area contributed by atoms with Gasteiger partial charge in [-0.2, -0.15) is 19.9 Å². The van der Waals surface area contributed by atoms with E-state index < -0.39 is 11.2 Å². The molecule has 0 saturated carbocycles. The van der Waals surface area contributed by atoms with Crippen LogP contribution in [0.15, 0.2) is 41.9 Å². The van der Waals surface area contributed by atoms with E-state index in [4.69, 9.17) is 71.6 Å². The number of amides is 2. The van der Waals surface area contributed by atoms with Crippen LogP contribution in [0.1, 0.15) is 67.2 Å². The fourth-order valence-corrected chi connectivity index (χ4v) is 11.3. The quantitative estimate of drug-likeness (QED) is 0.129. The van der Waals surface area contributed by atoms with Gasteiger partial charge in [-0.05, 0) is 126 Å². The molecule has 77 heavy (non-hydrogen) atoms. The Morgan fingerprint density at radius 1 is 0.662 bits per heavy atom. The van der Waals surface area contributed by atoms with Crippen molar-refractivity contribution in [2.75, 3.05) is 113 Å². The molecule has 0 radical (unpaired) electrons. The second-order valence-electron chi connectivity index (χ2n) is 20.6. The number of methoxy groups -OCH3 is 2. The molecule has 2 N–H and O–H groups in total. The Morgan fingerprint density at radius 2 is 1.16 bits per heavy atom. The summed E-state index contributed by atoms with van der Waals surface area (Å²) < 4.78 is 36.4. The van der Waals surface area contributed by atoms with Crippen LogP contribution in [0.5, 0.6) is 11.8 Å². The van der Waals surface area contributed by atoms with Crippen LogP contribution in [0.3, 0.4) is 0 Å². The number of anilines is 4. The highest BCUT2D eigenvalue weighted by molar-refractivity contribution is 14.1. The molecule has 25 heteroatoms. The Kier molecular flexibility index (Phi) is 19.8. The molecule has 4 fully saturated rings. The molecule has 0 aliphatic carbocycles. The lowest BCUT2D eigenvalue weighted by Gasteiger charge is -2.35. The lowest BCUT2D eigenvalue weighted by Crippen LogP contribution is -2.47. The topological polar surface area (TPSA) is 204 Å². The van der Waals surface area contributed by atoms with Gasteiger partial charge in [-0.3, -0.25) is 0 Å². The summed E-state index contributed by atoms with van der Waals surface area (Å²) in [6, 6.07) is 11.4. The maximum Gasteiger partial charge on any atom is 0.410 e. The summed E-state index contributed by atoms with van der Waals surface area (Å²) in [4.78, 5) is 60.9. The van der Waals surface area contributed by atoms with Gasteiger partial charge in [0.1, 0.15) is 37.0 Å². The lowest BCUT2D eigenvalue weighted by atomic mass is 10.1. The SMILES string of the molecule is COc1nc(N2CCOCC2)nc(N[C@@H]2CCCN(C(=O)OC(C)(C)C)C2)c1-c1nc2cc(Cl)ccc2s1.COc1nc(N2CCOCC2)nc(N[C@@H]2CCCN(C(=O)OC(C)(C)C)C2)c1I.Clc1ccc2scnc2c1. The summed E-state index contributed by atoms with van der Waals surface area (Å²) >= 11 is 17.3. The second-order valence-corrected chi connectivity index (χ2v) is 24.4. The van der Waals surface area contributed by atoms with Crippen LogP contribution in [0.2, 0.25) is 10.0 Å². The predicted molar refractivity (Wildman–Crippen MR) is 313 cm³/mol. The van der Waals surface area contributed by atoms with Crippen LogP contribution in [-0.2, 0) is 18.9 Å². The number of benzene rings is 2. The third kappa shape index (κ3) is 16.1. The van der Waals surface area contributed by atoms with Gasteiger partial charge >= 0.3 is 12.2 Å². The lowest BCUT2D eigenvalue weighted by molar-refractivity contribution is 0.0196. The van der Waals surface area contributed by atoms with E-state index in [9.17, 15) is 9.59 Å². The largest absolute Gasteiger partial charge is 0.480 e. The van der Waals surface area contributed by atoms with Gasteiger partial charge in [-0.1, -0.05) is 23.2 Å². The van der Waals surface area contributed by atoms with Crippen molar-refractivity contribution in [2.45, 2.75) is 90.5 Å². The highest BCUT2D eigenvalue weighted by Crippen LogP contribution is 2.41. The molecule has 4 aliphatic heterocycles. The third-order valence-corrected chi connectivity index (χ3v) is 15.6. The van der Waals surface area contributed by atoms with Crippen molar-refractivity contribution in [3.63, 3.8) is 0 Å². The number of ether oxygens (including phenoxy) is 6. The van der Waals surface area contributed by atoms with Crippen molar-refractivity contribution >= 4 is 125 Å². The van der Waals surface area contributed by atoms with Crippen molar-refractivity contribution in [3.05, 3.63) is 55.5 Å². The van der Waals surface area contributed by atoms with E-state index >= 15 is 0 Å². The third-order valence-electron chi connectivity index (χ3n) is 12.3. The van der Waals surface area contributed by atoms with E-state index in [0.717, 1.165) is 73.9 Å². The molecular weight excluding hydrogens is 1180 g/mol. The molecule has 4 aromatic heterocycles. The number of hydrogen-bond donors (Lipinski definition) is 2. The van der Waals surface area contributed by atoms with Gasteiger partial charge in [0.05, 0.1) is 66.6 Å². The number of nitrogens with zero attached hydrogens (tertiary/aromatic N) is 10. The molecule has 10 rings (SSSR count). The number of halogens is 3. The summed E-state index contributed by atoms with van der Waals surface area (Å²) in [5, 5.41) is 9.22. The standard InChI is InChI=1S/C26H33ClN6O4S.C19H30IN5O4.C7H4ClNS/c1-26(2,3)37-25(34)33-9-5-6-17(15-33)28-21-20(23-29-18-14-16(27)7-8-19(18)38-23)22(35-4)31-24(30-21)32-10-12-36-13-11-32;1-19(2,3)29-18(26)25-7-5-6-13(12-25)21-15-14(20)16(27-4)23-17(22-15)24-8-10-28-11-9-24;8-5-1-2-7-6(3-5)9-4-10-7/h7-8,14,17H,5-6,9-13,15H2,1-4H3,(H,28,30,31);13H,5-12H2,1-4H3,(H,21,22,23);1-4H/t17-;13-;/m11./s1. The number of carbonyl (C=O) groups excluding carboxylic acids is 2. The molecular formula is C52H67Cl2IN12O8S2. The first-order valence-electron chi connectivity index (χ1n) is 25.6. The average Bonchev–Trinajstić information content (AvgIpc) is 4.09. The van der Waals surface area contributed by atoms with E-state index in [1.54, 1.807) is 35.4 Å². The molecule has 0 spiro atoms. The van der Waals surface area contributed by atoms with Crippen molar-refractivity contribution in [3.8, 4) is 22.3 Å². The van der Waals surface area contributed by atoms with Gasteiger partial charge in [0.15, 0.2) is 0 Å². The fourth-order valence-electron chi connectivity index (χ4n) is 8.73. The highest BCUT2D eigenvalue weighted by Gasteiger charge is 2.32. The number of piperidine rings is 2. The molecule has 4 saturated heterocycles. The predicted octanol–water partition coefficient (Wildman–Crippen LogP) is 10.8. The van der Waals surface area contributed by atoms with Crippen LogP contribution in [-0.4, -0.2) is 168 Å². The number of nitrogens with one attached hydrogen (secondary N) is 2. The first-order valence-corrected chi connectivity index (χ1v) is 29.1. The van der Waals surface area contributed by atoms with Crippen LogP contribution < -0.4 is 29.9 Å². The number of carbonyl (C=O) groups is 2. The van der Waals surface area contributed by atoms with Crippen molar-refractivity contribution in [1.82, 2.24) is 39.7 Å². The minimum absolute atomic E-state index is 0.0315. The molecule has 2 atom stereocenters. The average molecular weight is 1250 g/mol. The van der Waals surface area contributed by atoms with Crippen molar-refractivity contribution < 1.29 is 38.0 Å². The first kappa shape index (κ1) is 58.1. The van der Waals surface area contributed by atoms with E-state index in [0.29, 0.717) is 106 Å². The van der Waals surface area contributed by atoms with Crippen molar-refractivity contribution in [2.24, 2.45) is 0 Å². The number of fused-ring (bicyclic) bond motifs is 2. The first-order chi connectivity index (χ1) is 36.8. The molecule has 0 unspecified atom stereocenters. The fraction of sp³-hybridized carbons (Fsp3) is 0.538. The zero-order valence-electron chi connectivity index (χ0n) is 44.7. The van der Waals surface area contributed by atoms with E-state index in [1.165, 1.54) is 16.0 Å². The second kappa shape index (κ2) is 26.3. The van der Waals surface area contributed by atoms with Gasteiger partial charge in [-0.15, -0.1) is 22.7 Å². The van der Waals surface area contributed by atoms with Gasteiger partial charge in [0.25, 0.3) is 0 Å². The van der Waals surface area contributed by atoms with Gasteiger partial charge in [0.2, 0.25) is 23.7 Å². The highest BCUT2D eigenvalue weighted by atomic mass is 127. The van der Waals surface area contributed by atoms with Crippen molar-refractivity contribution in [1.29, 1.82) is 0 Å². The maximum atomic E-state index is 12.8. The number of aromatic nitrogens is 6. The minimum atomic E-state index is -0.548. The molecule has 6 aromatic rings. The number of morpholine rings is 2. The number of thiazole rings is 2. The van der Waals surface area contributed by atoms with E-state index in [1.807, 2.05) is 83.5 Å². The molecule has 4 aliphatic rings. The molecule has 8 heterocycles. The molecule has 416 valence electrons. The Hall–Kier alpha value is -5.05. The van der Waals surface area contributed by atoms with Crippen LogP contribution in [0.4, 0.5) is 33.1 Å². The van der Waals surface area contributed by atoms with E-state index in [2.05, 4.69) is 53.0 Å². The summed E-state index contributed by atoms with van der Waals surface area (Å²) in [5.41, 5.74) is 3.25. The Labute approximate surface area is 481 Å². The Bertz CT molecular complexity index is 2970. The van der Waals surface area contributed by atoms with Crippen LogP contribution in [0.25, 0.3) is 31.0 Å². The molecule has 2 aromatic carbocycles. The summed E-state index contributed by atoms with van der Waals surface area (Å²) in [5.74, 6) is 3.54. The summed E-state index contributed by atoms with van der Waals surface area (Å²) in [7, 11) is 3.22. The molecule has 2 amide bonds. The Morgan fingerprint density at radius 3 is 1.69 bits per heavy atom. The molecule has 0 bridgehead atoms. The number of hydrogen-bond acceptors (Lipinski definition) is 20. The van der Waals surface area contributed by atoms with E-state index in [-0.39, 0.29) is 24.3 Å². The zero-order valence-corrected chi connectivity index (χ0v) is 50.0. The normalized spacial score (nSPS) is 18.2. The number of rotatable bonds is 9. The minimum Gasteiger partial charge on any atom is -0.480 e. The summed E-state index contributed by atoms with van der Waals surface area (Å²) in [6.07, 6.45) is 3.02. The monoisotopic (exact) mass is 1250 g/mol. The maximum absolute atomic E-state index is 12.8. The molecule has 20 nitrogen and oxygen atoms in total. The van der Waals surface area contributed by atoms with Gasteiger partial charge < -0.3 is 58.7 Å². The Balaban J connectivity index is 0.000000176. The number of likely N-dealkylation sites (tertiary alicyclic amines) is 2. The smallest absolute Gasteiger partial charge is 0.410 e. The zero-order chi connectivity index (χ0) is 54.9.